The molecule has 2 bridgehead atoms. The quantitative estimate of drug-likeness (QED) is 0.126. The number of hydrogen-bond donors (Lipinski definition) is 2. The van der Waals surface area contributed by atoms with E-state index in [9.17, 15) is 24.3 Å². The van der Waals surface area contributed by atoms with Gasteiger partial charge in [-0.1, -0.05) is 83.9 Å². The third kappa shape index (κ3) is 7.68. The number of rotatable bonds is 16. The molecule has 1 spiro atoms. The van der Waals surface area contributed by atoms with E-state index in [0.29, 0.717) is 29.1 Å². The SMILES string of the molecule is C=CCCC(=O)N[C@H](C)[C@@H](OC(=O)[C@@H]1[C@H]2O[C@@]3(CC2Br)[C@H](C(=O)N(CC=C)c2ccc(Cl)cc2)N([C@@H](CO)CC(C)C)C(=O)[C@@H]13)c1ccccc1. The van der Waals surface area contributed by atoms with E-state index in [1.807, 2.05) is 44.2 Å². The Hall–Kier alpha value is -3.51. The lowest BCUT2D eigenvalue weighted by Gasteiger charge is -2.39. The number of anilines is 1. The van der Waals surface area contributed by atoms with Crippen molar-refractivity contribution in [1.29, 1.82) is 0 Å². The predicted octanol–water partition coefficient (Wildman–Crippen LogP) is 5.77. The molecule has 0 radical (unpaired) electrons. The van der Waals surface area contributed by atoms with E-state index >= 15 is 0 Å². The number of benzene rings is 2. The van der Waals surface area contributed by atoms with Gasteiger partial charge in [-0.2, -0.15) is 0 Å². The summed E-state index contributed by atoms with van der Waals surface area (Å²) in [4.78, 5) is 59.6. The summed E-state index contributed by atoms with van der Waals surface area (Å²) in [6, 6.07) is 13.4. The van der Waals surface area contributed by atoms with Gasteiger partial charge in [-0.15, -0.1) is 13.2 Å². The predicted molar refractivity (Wildman–Crippen MR) is 199 cm³/mol. The van der Waals surface area contributed by atoms with Crippen molar-refractivity contribution in [2.45, 2.75) is 87.2 Å². The molecular weight excluding hydrogens is 738 g/mol. The standard InChI is InChI=1S/C39H47BrClN3O7/c1-6-8-14-30(46)42-24(5)33(25-12-10-9-11-13-25)50-38(49)31-32-36(47)44(28(22-45)20-23(3)4)35(39(32)21-29(40)34(31)51-39)37(48)43(19-7-2)27-17-15-26(41)16-18-27/h6-7,9-13,15-18,23-24,28-29,31-35,45H,1-2,8,14,19-22H2,3-5H3,(H,42,46)/t24-,28-,29?,31+,32-,33-,34+,35+,39-/m1/s1. The first-order valence-corrected chi connectivity index (χ1v) is 18.8. The fraction of sp³-hybridized carbons (Fsp3) is 0.487. The number of carbonyl (C=O) groups is 4. The van der Waals surface area contributed by atoms with E-state index in [2.05, 4.69) is 34.4 Å². The maximum absolute atomic E-state index is 14.9. The zero-order valence-corrected chi connectivity index (χ0v) is 31.6. The topological polar surface area (TPSA) is 125 Å². The van der Waals surface area contributed by atoms with Crippen molar-refractivity contribution in [2.75, 3.05) is 18.1 Å². The Kier molecular flexibility index (Phi) is 12.5. The Morgan fingerprint density at radius 2 is 1.82 bits per heavy atom. The van der Waals surface area contributed by atoms with Crippen LogP contribution in [0.2, 0.25) is 5.02 Å². The number of nitrogens with zero attached hydrogens (tertiary/aromatic N) is 2. The highest BCUT2D eigenvalue weighted by Crippen LogP contribution is 2.61. The molecule has 3 fully saturated rings. The van der Waals surface area contributed by atoms with Gasteiger partial charge >= 0.3 is 5.97 Å². The minimum atomic E-state index is -1.39. The van der Waals surface area contributed by atoms with E-state index in [4.69, 9.17) is 21.1 Å². The smallest absolute Gasteiger partial charge is 0.313 e. The number of likely N-dealkylation sites (tertiary alicyclic amines) is 1. The summed E-state index contributed by atoms with van der Waals surface area (Å²) in [6.07, 6.45) is 3.06. The van der Waals surface area contributed by atoms with E-state index in [1.165, 1.54) is 9.80 Å². The van der Waals surface area contributed by atoms with E-state index in [0.717, 1.165) is 0 Å². The van der Waals surface area contributed by atoms with Crippen LogP contribution in [0.5, 0.6) is 0 Å². The first-order valence-electron chi connectivity index (χ1n) is 17.5. The normalized spacial score (nSPS) is 26.7. The molecule has 3 amide bonds. The van der Waals surface area contributed by atoms with Crippen LogP contribution in [-0.2, 0) is 28.7 Å². The molecule has 3 heterocycles. The maximum Gasteiger partial charge on any atom is 0.313 e. The summed E-state index contributed by atoms with van der Waals surface area (Å²) in [5, 5.41) is 14.1. The van der Waals surface area contributed by atoms with Gasteiger partial charge in [-0.3, -0.25) is 19.2 Å². The molecule has 2 aromatic rings. The molecule has 274 valence electrons. The average Bonchev–Trinajstić information content (AvgIpc) is 3.71. The number of alkyl halides is 1. The first kappa shape index (κ1) is 38.7. The van der Waals surface area contributed by atoms with Gasteiger partial charge in [0.2, 0.25) is 11.8 Å². The number of carbonyl (C=O) groups excluding carboxylic acids is 4. The maximum atomic E-state index is 14.9. The molecule has 3 aliphatic rings. The molecule has 9 atom stereocenters. The van der Waals surface area contributed by atoms with Gasteiger partial charge in [0.1, 0.15) is 17.7 Å². The largest absolute Gasteiger partial charge is 0.455 e. The lowest BCUT2D eigenvalue weighted by Crippen LogP contribution is -2.59. The van der Waals surface area contributed by atoms with Crippen molar-refractivity contribution in [3.63, 3.8) is 0 Å². The highest BCUT2D eigenvalue weighted by Gasteiger charge is 2.77. The number of esters is 1. The molecule has 10 nitrogen and oxygen atoms in total. The molecule has 51 heavy (non-hydrogen) atoms. The summed E-state index contributed by atoms with van der Waals surface area (Å²) < 4.78 is 13.0. The minimum Gasteiger partial charge on any atom is -0.455 e. The van der Waals surface area contributed by atoms with Crippen molar-refractivity contribution in [3.05, 3.63) is 90.5 Å². The number of ether oxygens (including phenoxy) is 2. The number of allylic oxidation sites excluding steroid dienone is 1. The van der Waals surface area contributed by atoms with Crippen LogP contribution in [0.4, 0.5) is 5.69 Å². The molecule has 3 saturated heterocycles. The van der Waals surface area contributed by atoms with Crippen LogP contribution in [0.25, 0.3) is 0 Å². The second-order valence-corrected chi connectivity index (χ2v) is 15.7. The molecule has 2 aromatic carbocycles. The molecule has 0 saturated carbocycles. The van der Waals surface area contributed by atoms with Crippen LogP contribution in [-0.4, -0.2) is 81.5 Å². The van der Waals surface area contributed by atoms with Crippen molar-refractivity contribution >= 4 is 56.9 Å². The monoisotopic (exact) mass is 783 g/mol. The fourth-order valence-electron chi connectivity index (χ4n) is 7.99. The number of halogens is 2. The summed E-state index contributed by atoms with van der Waals surface area (Å²) in [5.41, 5.74) is -0.168. The van der Waals surface area contributed by atoms with Crippen molar-refractivity contribution < 1.29 is 33.8 Å². The van der Waals surface area contributed by atoms with Crippen LogP contribution < -0.4 is 10.2 Å². The third-order valence-electron chi connectivity index (χ3n) is 10.1. The Bertz CT molecular complexity index is 1610. The lowest BCUT2D eigenvalue weighted by atomic mass is 9.70. The number of hydrogen-bond acceptors (Lipinski definition) is 7. The summed E-state index contributed by atoms with van der Waals surface area (Å²) in [6.45, 7) is 13.0. The second-order valence-electron chi connectivity index (χ2n) is 14.0. The summed E-state index contributed by atoms with van der Waals surface area (Å²) in [5.74, 6) is -3.76. The summed E-state index contributed by atoms with van der Waals surface area (Å²) >= 11 is 9.91. The van der Waals surface area contributed by atoms with Gasteiger partial charge in [0.15, 0.2) is 0 Å². The highest BCUT2D eigenvalue weighted by molar-refractivity contribution is 9.09. The van der Waals surface area contributed by atoms with Crippen molar-refractivity contribution in [3.8, 4) is 0 Å². The first-order chi connectivity index (χ1) is 24.4. The van der Waals surface area contributed by atoms with Gasteiger partial charge in [-0.05, 0) is 61.9 Å². The number of nitrogens with one attached hydrogen (secondary N) is 1. The van der Waals surface area contributed by atoms with E-state index < -0.39 is 65.6 Å². The van der Waals surface area contributed by atoms with Crippen LogP contribution >= 0.6 is 27.5 Å². The molecule has 3 aliphatic heterocycles. The zero-order chi connectivity index (χ0) is 37.0. The van der Waals surface area contributed by atoms with E-state index in [-0.39, 0.29) is 42.6 Å². The Balaban J connectivity index is 1.55. The Labute approximate surface area is 313 Å². The van der Waals surface area contributed by atoms with Gasteiger partial charge in [0, 0.05) is 28.5 Å². The number of fused-ring (bicyclic) bond motifs is 1. The fourth-order valence-corrected chi connectivity index (χ4v) is 9.06. The van der Waals surface area contributed by atoms with Gasteiger partial charge < -0.3 is 29.7 Å². The van der Waals surface area contributed by atoms with Crippen LogP contribution in [0.1, 0.15) is 58.1 Å². The molecule has 1 unspecified atom stereocenters. The Morgan fingerprint density at radius 1 is 1.14 bits per heavy atom. The Morgan fingerprint density at radius 3 is 2.43 bits per heavy atom. The zero-order valence-electron chi connectivity index (χ0n) is 29.3. The molecule has 0 aromatic heterocycles. The van der Waals surface area contributed by atoms with Crippen LogP contribution in [0, 0.1) is 17.8 Å². The summed E-state index contributed by atoms with van der Waals surface area (Å²) in [7, 11) is 0. The average molecular weight is 785 g/mol. The third-order valence-corrected chi connectivity index (χ3v) is 11.2. The number of amides is 3. The molecular formula is C39H47BrClN3O7. The molecule has 12 heteroatoms. The molecule has 5 rings (SSSR count). The molecule has 2 N–H and O–H groups in total. The van der Waals surface area contributed by atoms with Crippen LogP contribution in [0.3, 0.4) is 0 Å². The second kappa shape index (κ2) is 16.4. The van der Waals surface area contributed by atoms with E-state index in [1.54, 1.807) is 43.3 Å². The highest BCUT2D eigenvalue weighted by atomic mass is 79.9. The van der Waals surface area contributed by atoms with Crippen molar-refractivity contribution in [2.24, 2.45) is 17.8 Å². The number of aliphatic hydroxyl groups is 1. The lowest BCUT2D eigenvalue weighted by molar-refractivity contribution is -0.162. The van der Waals surface area contributed by atoms with Crippen LogP contribution in [0.15, 0.2) is 79.9 Å². The van der Waals surface area contributed by atoms with Gasteiger partial charge in [-0.25, -0.2) is 0 Å². The van der Waals surface area contributed by atoms with Gasteiger partial charge in [0.25, 0.3) is 5.91 Å². The minimum absolute atomic E-state index is 0.0842. The number of aliphatic hydroxyl groups excluding tert-OH is 1. The van der Waals surface area contributed by atoms with Crippen molar-refractivity contribution in [1.82, 2.24) is 10.2 Å². The van der Waals surface area contributed by atoms with Gasteiger partial charge in [0.05, 0.1) is 36.6 Å². The molecule has 0 aliphatic carbocycles.